The van der Waals surface area contributed by atoms with Gasteiger partial charge in [0, 0.05) is 5.92 Å². The maximum atomic E-state index is 13.0. The molecule has 1 aliphatic rings. The van der Waals surface area contributed by atoms with Crippen molar-refractivity contribution in [3.63, 3.8) is 0 Å². The van der Waals surface area contributed by atoms with Crippen LogP contribution in [0.2, 0.25) is 0 Å². The van der Waals surface area contributed by atoms with Gasteiger partial charge in [0.25, 0.3) is 0 Å². The van der Waals surface area contributed by atoms with Crippen LogP contribution in [0.4, 0.5) is 4.79 Å². The summed E-state index contributed by atoms with van der Waals surface area (Å²) in [5.74, 6) is -0.596. The van der Waals surface area contributed by atoms with Gasteiger partial charge >= 0.3 is 12.1 Å². The Balaban J connectivity index is 1.28. The number of hydrogen-bond donors (Lipinski definition) is 2. The minimum Gasteiger partial charge on any atom is -0.452 e. The SMILES string of the molecule is CCCCCCCCCCCCCC=CC(OC(=O)c1ccccc1)C(CO)NC(=O)OCC1c2ccccc2-c2ccccc21. The molecule has 2 unspecified atom stereocenters. The second-order valence-corrected chi connectivity index (χ2v) is 12.2. The molecule has 46 heavy (non-hydrogen) atoms. The van der Waals surface area contributed by atoms with Gasteiger partial charge in [-0.3, -0.25) is 0 Å². The van der Waals surface area contributed by atoms with E-state index in [9.17, 15) is 14.7 Å². The third kappa shape index (κ3) is 10.6. The van der Waals surface area contributed by atoms with E-state index in [-0.39, 0.29) is 12.5 Å². The average Bonchev–Trinajstić information content (AvgIpc) is 3.41. The van der Waals surface area contributed by atoms with E-state index >= 15 is 0 Å². The molecule has 3 aromatic carbocycles. The molecule has 4 rings (SSSR count). The smallest absolute Gasteiger partial charge is 0.407 e. The van der Waals surface area contributed by atoms with Crippen LogP contribution >= 0.6 is 0 Å². The van der Waals surface area contributed by atoms with E-state index in [1.54, 1.807) is 30.3 Å². The Morgan fingerprint density at radius 1 is 0.761 bits per heavy atom. The fourth-order valence-electron chi connectivity index (χ4n) is 6.20. The van der Waals surface area contributed by atoms with Gasteiger partial charge in [0.1, 0.15) is 12.7 Å². The molecule has 6 nitrogen and oxygen atoms in total. The highest BCUT2D eigenvalue weighted by atomic mass is 16.6. The van der Waals surface area contributed by atoms with Crippen molar-refractivity contribution in [2.75, 3.05) is 13.2 Å². The Morgan fingerprint density at radius 3 is 1.89 bits per heavy atom. The van der Waals surface area contributed by atoms with Crippen LogP contribution in [-0.2, 0) is 9.47 Å². The van der Waals surface area contributed by atoms with Gasteiger partial charge in [-0.25, -0.2) is 9.59 Å². The lowest BCUT2D eigenvalue weighted by atomic mass is 9.98. The van der Waals surface area contributed by atoms with Gasteiger partial charge in [-0.1, -0.05) is 144 Å². The van der Waals surface area contributed by atoms with Crippen LogP contribution in [0.1, 0.15) is 111 Å². The van der Waals surface area contributed by atoms with Crippen molar-refractivity contribution in [3.8, 4) is 11.1 Å². The highest BCUT2D eigenvalue weighted by Crippen LogP contribution is 2.44. The lowest BCUT2D eigenvalue weighted by Crippen LogP contribution is -2.47. The minimum absolute atomic E-state index is 0.0804. The number of esters is 1. The summed E-state index contributed by atoms with van der Waals surface area (Å²) < 4.78 is 11.5. The fraction of sp³-hybridized carbons (Fsp3) is 0.450. The van der Waals surface area contributed by atoms with E-state index in [0.717, 1.165) is 41.5 Å². The highest BCUT2D eigenvalue weighted by Gasteiger charge is 2.30. The second-order valence-electron chi connectivity index (χ2n) is 12.2. The monoisotopic (exact) mass is 625 g/mol. The molecule has 0 bridgehead atoms. The molecule has 0 radical (unpaired) electrons. The largest absolute Gasteiger partial charge is 0.452 e. The third-order valence-electron chi connectivity index (χ3n) is 8.79. The predicted octanol–water partition coefficient (Wildman–Crippen LogP) is 9.37. The number of aliphatic hydroxyl groups is 1. The average molecular weight is 626 g/mol. The van der Waals surface area contributed by atoms with Crippen LogP contribution < -0.4 is 5.32 Å². The molecule has 3 aromatic rings. The number of benzene rings is 3. The zero-order valence-corrected chi connectivity index (χ0v) is 27.4. The maximum Gasteiger partial charge on any atom is 0.407 e. The number of aliphatic hydroxyl groups excluding tert-OH is 1. The summed E-state index contributed by atoms with van der Waals surface area (Å²) in [5, 5.41) is 13.0. The van der Waals surface area contributed by atoms with Gasteiger partial charge in [0.15, 0.2) is 0 Å². The van der Waals surface area contributed by atoms with Crippen molar-refractivity contribution in [2.45, 2.75) is 102 Å². The molecule has 6 heteroatoms. The van der Waals surface area contributed by atoms with Crippen LogP contribution in [0.25, 0.3) is 11.1 Å². The number of unbranched alkanes of at least 4 members (excludes halogenated alkanes) is 11. The van der Waals surface area contributed by atoms with Crippen molar-refractivity contribution >= 4 is 12.1 Å². The fourth-order valence-corrected chi connectivity index (χ4v) is 6.20. The number of allylic oxidation sites excluding steroid dienone is 1. The Bertz CT molecular complexity index is 1330. The molecule has 1 amide bonds. The first kappa shape index (κ1) is 35.0. The molecule has 0 aromatic heterocycles. The number of fused-ring (bicyclic) bond motifs is 3. The summed E-state index contributed by atoms with van der Waals surface area (Å²) in [6.45, 7) is 1.99. The van der Waals surface area contributed by atoms with E-state index in [2.05, 4.69) is 36.5 Å². The summed E-state index contributed by atoms with van der Waals surface area (Å²) in [6, 6.07) is 24.2. The summed E-state index contributed by atoms with van der Waals surface area (Å²) in [7, 11) is 0. The molecule has 0 saturated heterocycles. The number of alkyl carbamates (subject to hydrolysis) is 1. The molecule has 1 aliphatic carbocycles. The Kier molecular flexibility index (Phi) is 14.9. The molecule has 0 aliphatic heterocycles. The van der Waals surface area contributed by atoms with Crippen molar-refractivity contribution in [2.24, 2.45) is 0 Å². The standard InChI is InChI=1S/C40H51NO5/c1-2-3-4-5-6-7-8-9-10-11-12-13-17-28-38(46-39(43)31-22-15-14-16-23-31)37(29-42)41-40(44)45-30-36-34-26-20-18-24-32(34)33-25-19-21-27-35(33)36/h14-28,36-38,42H,2-13,29-30H2,1H3,(H,41,44). The summed E-state index contributed by atoms with van der Waals surface area (Å²) in [5.41, 5.74) is 4.95. The molecule has 0 heterocycles. The normalized spacial score (nSPS) is 13.6. The summed E-state index contributed by atoms with van der Waals surface area (Å²) in [6.07, 6.45) is 17.1. The van der Waals surface area contributed by atoms with Crippen LogP contribution in [0.15, 0.2) is 91.0 Å². The topological polar surface area (TPSA) is 84.9 Å². The van der Waals surface area contributed by atoms with Crippen LogP contribution in [0, 0.1) is 0 Å². The molecular weight excluding hydrogens is 574 g/mol. The van der Waals surface area contributed by atoms with Crippen molar-refractivity contribution < 1.29 is 24.2 Å². The Hall–Kier alpha value is -3.90. The first-order valence-corrected chi connectivity index (χ1v) is 17.3. The minimum atomic E-state index is -0.864. The van der Waals surface area contributed by atoms with Crippen LogP contribution in [0.3, 0.4) is 0 Å². The van der Waals surface area contributed by atoms with Gasteiger partial charge < -0.3 is 19.9 Å². The van der Waals surface area contributed by atoms with Crippen molar-refractivity contribution in [3.05, 3.63) is 108 Å². The van der Waals surface area contributed by atoms with E-state index in [1.165, 1.54) is 57.8 Å². The maximum absolute atomic E-state index is 13.0. The predicted molar refractivity (Wildman–Crippen MR) is 185 cm³/mol. The van der Waals surface area contributed by atoms with Gasteiger partial charge in [-0.15, -0.1) is 0 Å². The molecular formula is C40H51NO5. The number of ether oxygens (including phenoxy) is 2. The van der Waals surface area contributed by atoms with Crippen molar-refractivity contribution in [1.29, 1.82) is 0 Å². The number of carbonyl (C=O) groups excluding carboxylic acids is 2. The quantitative estimate of drug-likeness (QED) is 0.0742. The number of carbonyl (C=O) groups is 2. The van der Waals surface area contributed by atoms with Gasteiger partial charge in [-0.05, 0) is 53.3 Å². The Morgan fingerprint density at radius 2 is 1.30 bits per heavy atom. The lowest BCUT2D eigenvalue weighted by molar-refractivity contribution is 0.0253. The molecule has 0 spiro atoms. The van der Waals surface area contributed by atoms with E-state index in [4.69, 9.17) is 9.47 Å². The first-order chi connectivity index (χ1) is 22.6. The Labute approximate surface area is 275 Å². The number of nitrogens with one attached hydrogen (secondary N) is 1. The van der Waals surface area contributed by atoms with E-state index in [1.807, 2.05) is 36.4 Å². The molecule has 0 saturated carbocycles. The molecule has 2 atom stereocenters. The zero-order chi connectivity index (χ0) is 32.4. The lowest BCUT2D eigenvalue weighted by Gasteiger charge is -2.24. The highest BCUT2D eigenvalue weighted by molar-refractivity contribution is 5.89. The van der Waals surface area contributed by atoms with Gasteiger partial charge in [0.05, 0.1) is 18.2 Å². The number of hydrogen-bond acceptors (Lipinski definition) is 5. The number of amides is 1. The van der Waals surface area contributed by atoms with Crippen LogP contribution in [0.5, 0.6) is 0 Å². The molecule has 246 valence electrons. The first-order valence-electron chi connectivity index (χ1n) is 17.3. The number of rotatable bonds is 20. The van der Waals surface area contributed by atoms with Gasteiger partial charge in [0.2, 0.25) is 0 Å². The zero-order valence-electron chi connectivity index (χ0n) is 27.4. The van der Waals surface area contributed by atoms with Gasteiger partial charge in [-0.2, -0.15) is 0 Å². The van der Waals surface area contributed by atoms with Crippen molar-refractivity contribution in [1.82, 2.24) is 5.32 Å². The van der Waals surface area contributed by atoms with Crippen LogP contribution in [-0.4, -0.2) is 42.5 Å². The van der Waals surface area contributed by atoms with E-state index < -0.39 is 30.8 Å². The second kappa shape index (κ2) is 19.6. The summed E-state index contributed by atoms with van der Waals surface area (Å²) in [4.78, 5) is 26.0. The molecule has 0 fully saturated rings. The third-order valence-corrected chi connectivity index (χ3v) is 8.79. The summed E-state index contributed by atoms with van der Waals surface area (Å²) >= 11 is 0. The molecule has 2 N–H and O–H groups in total. The van der Waals surface area contributed by atoms with E-state index in [0.29, 0.717) is 5.56 Å².